The van der Waals surface area contributed by atoms with Crippen molar-refractivity contribution in [1.82, 2.24) is 4.90 Å². The molecule has 0 fully saturated rings. The van der Waals surface area contributed by atoms with Crippen LogP contribution in [0.5, 0.6) is 0 Å². The summed E-state index contributed by atoms with van der Waals surface area (Å²) in [5.41, 5.74) is 2.04. The molecule has 2 aromatic rings. The topological polar surface area (TPSA) is 70.0 Å². The molecule has 2 N–H and O–H groups in total. The summed E-state index contributed by atoms with van der Waals surface area (Å²) in [4.78, 5) is 13.4. The molecule has 0 saturated carbocycles. The van der Waals surface area contributed by atoms with E-state index < -0.39 is 18.0 Å². The van der Waals surface area contributed by atoms with Crippen molar-refractivity contribution < 1.29 is 19.7 Å². The van der Waals surface area contributed by atoms with E-state index >= 15 is 0 Å². The molecular weight excluding hydrogens is 294 g/mol. The van der Waals surface area contributed by atoms with E-state index in [2.05, 4.69) is 0 Å². The molecule has 118 valence electrons. The van der Waals surface area contributed by atoms with Gasteiger partial charge in [-0.15, -0.1) is 0 Å². The molecule has 1 atom stereocenters. The van der Waals surface area contributed by atoms with E-state index in [1.807, 2.05) is 42.5 Å². The van der Waals surface area contributed by atoms with E-state index in [9.17, 15) is 15.0 Å². The molecule has 1 amide bonds. The Morgan fingerprint density at radius 1 is 1.09 bits per heavy atom. The van der Waals surface area contributed by atoms with Crippen LogP contribution in [0.1, 0.15) is 29.7 Å². The number of benzene rings is 2. The number of fused-ring (bicyclic) bond motifs is 1. The third-order valence-corrected chi connectivity index (χ3v) is 3.79. The molecule has 0 unspecified atom stereocenters. The average Bonchev–Trinajstić information content (AvgIpc) is 2.58. The van der Waals surface area contributed by atoms with Crippen LogP contribution >= 0.6 is 0 Å². The molecular formula is C18H17NO4. The monoisotopic (exact) mass is 311 g/mol. The Kier molecular flexibility index (Phi) is 3.93. The number of amides is 1. The first-order chi connectivity index (χ1) is 11.1. The number of aliphatic hydroxyl groups excluding tert-OH is 2. The molecule has 5 heteroatoms. The molecule has 23 heavy (non-hydrogen) atoms. The Hall–Kier alpha value is -2.95. The lowest BCUT2D eigenvalue weighted by atomic mass is 9.90. The summed E-state index contributed by atoms with van der Waals surface area (Å²) in [5.74, 6) is -0.836. The van der Waals surface area contributed by atoms with Gasteiger partial charge in [0.15, 0.2) is 5.76 Å². The smallest absolute Gasteiger partial charge is 0.417 e. The molecule has 0 spiro atoms. The van der Waals surface area contributed by atoms with Gasteiger partial charge in [-0.25, -0.2) is 9.69 Å². The van der Waals surface area contributed by atoms with Gasteiger partial charge in [0.05, 0.1) is 12.6 Å². The third-order valence-electron chi connectivity index (χ3n) is 3.79. The number of carbonyl (C=O) groups excluding carboxylic acids is 1. The van der Waals surface area contributed by atoms with Crippen molar-refractivity contribution >= 4 is 11.9 Å². The van der Waals surface area contributed by atoms with Crippen molar-refractivity contribution in [2.75, 3.05) is 6.61 Å². The van der Waals surface area contributed by atoms with Crippen molar-refractivity contribution in [1.29, 1.82) is 0 Å². The van der Waals surface area contributed by atoms with Crippen LogP contribution in [0, 0.1) is 0 Å². The third kappa shape index (κ3) is 2.50. The van der Waals surface area contributed by atoms with Gasteiger partial charge in [-0.1, -0.05) is 54.6 Å². The van der Waals surface area contributed by atoms with Crippen molar-refractivity contribution in [3.8, 4) is 0 Å². The molecule has 1 aliphatic rings. The van der Waals surface area contributed by atoms with Crippen molar-refractivity contribution in [2.24, 2.45) is 0 Å². The van der Waals surface area contributed by atoms with Crippen LogP contribution in [0.25, 0.3) is 5.76 Å². The molecule has 1 aliphatic heterocycles. The highest BCUT2D eigenvalue weighted by Crippen LogP contribution is 2.40. The Morgan fingerprint density at radius 2 is 1.74 bits per heavy atom. The molecule has 5 nitrogen and oxygen atoms in total. The molecule has 3 rings (SSSR count). The van der Waals surface area contributed by atoms with Gasteiger partial charge in [-0.3, -0.25) is 0 Å². The largest absolute Gasteiger partial charge is 0.503 e. The Morgan fingerprint density at radius 3 is 2.43 bits per heavy atom. The fourth-order valence-electron chi connectivity index (χ4n) is 2.80. The molecule has 0 bridgehead atoms. The first kappa shape index (κ1) is 15.0. The van der Waals surface area contributed by atoms with Gasteiger partial charge in [-0.2, -0.15) is 0 Å². The molecule has 0 aliphatic carbocycles. The number of hydrogen-bond acceptors (Lipinski definition) is 4. The minimum atomic E-state index is -0.708. The molecule has 0 saturated heterocycles. The highest BCUT2D eigenvalue weighted by molar-refractivity contribution is 5.78. The Labute approximate surface area is 134 Å². The van der Waals surface area contributed by atoms with Crippen LogP contribution in [-0.4, -0.2) is 27.8 Å². The van der Waals surface area contributed by atoms with Crippen LogP contribution in [-0.2, 0) is 4.74 Å². The van der Waals surface area contributed by atoms with E-state index in [1.165, 1.54) is 0 Å². The van der Waals surface area contributed by atoms with E-state index in [1.54, 1.807) is 19.1 Å². The number of aliphatic hydroxyl groups is 2. The predicted octanol–water partition coefficient (Wildman–Crippen LogP) is 3.99. The molecule has 0 radical (unpaired) electrons. The highest BCUT2D eigenvalue weighted by atomic mass is 16.6. The van der Waals surface area contributed by atoms with Crippen molar-refractivity contribution in [3.63, 3.8) is 0 Å². The normalized spacial score (nSPS) is 16.9. The second-order valence-corrected chi connectivity index (χ2v) is 5.14. The lowest BCUT2D eigenvalue weighted by Crippen LogP contribution is -2.38. The maximum Gasteiger partial charge on any atom is 0.417 e. The SMILES string of the molecule is CCOC(=O)N1C(O)=C(O)c2ccccc2[C@@H]1c1ccccc1. The van der Waals surface area contributed by atoms with Crippen LogP contribution in [0.4, 0.5) is 4.79 Å². The summed E-state index contributed by atoms with van der Waals surface area (Å²) in [6.45, 7) is 1.86. The number of ether oxygens (including phenoxy) is 1. The van der Waals surface area contributed by atoms with Crippen molar-refractivity contribution in [3.05, 3.63) is 77.2 Å². The van der Waals surface area contributed by atoms with Gasteiger partial charge in [-0.05, 0) is 18.1 Å². The fraction of sp³-hybridized carbons (Fsp3) is 0.167. The van der Waals surface area contributed by atoms with Crippen molar-refractivity contribution in [2.45, 2.75) is 13.0 Å². The van der Waals surface area contributed by atoms with E-state index in [-0.39, 0.29) is 12.4 Å². The first-order valence-corrected chi connectivity index (χ1v) is 7.37. The van der Waals surface area contributed by atoms with Gasteiger partial charge < -0.3 is 14.9 Å². The zero-order valence-corrected chi connectivity index (χ0v) is 12.6. The summed E-state index contributed by atoms with van der Waals surface area (Å²) >= 11 is 0. The number of hydrogen-bond donors (Lipinski definition) is 2. The molecule has 0 aromatic heterocycles. The quantitative estimate of drug-likeness (QED) is 0.880. The summed E-state index contributed by atoms with van der Waals surface area (Å²) in [6, 6.07) is 15.9. The molecule has 1 heterocycles. The van der Waals surface area contributed by atoms with E-state index in [4.69, 9.17) is 4.74 Å². The number of carbonyl (C=O) groups is 1. The van der Waals surface area contributed by atoms with Gasteiger partial charge in [0, 0.05) is 5.56 Å². The van der Waals surface area contributed by atoms with E-state index in [0.29, 0.717) is 5.56 Å². The van der Waals surface area contributed by atoms with Crippen LogP contribution in [0.2, 0.25) is 0 Å². The minimum Gasteiger partial charge on any atom is -0.503 e. The second kappa shape index (κ2) is 6.04. The first-order valence-electron chi connectivity index (χ1n) is 7.37. The lowest BCUT2D eigenvalue weighted by molar-refractivity contribution is 0.0840. The predicted molar refractivity (Wildman–Crippen MR) is 85.8 cm³/mol. The second-order valence-electron chi connectivity index (χ2n) is 5.14. The maximum atomic E-state index is 12.3. The molecule has 2 aromatic carbocycles. The van der Waals surface area contributed by atoms with E-state index in [0.717, 1.165) is 16.0 Å². The number of rotatable bonds is 2. The average molecular weight is 311 g/mol. The van der Waals surface area contributed by atoms with Gasteiger partial charge >= 0.3 is 6.09 Å². The van der Waals surface area contributed by atoms with Crippen LogP contribution in [0.3, 0.4) is 0 Å². The fourth-order valence-corrected chi connectivity index (χ4v) is 2.80. The van der Waals surface area contributed by atoms with Crippen LogP contribution in [0.15, 0.2) is 60.5 Å². The minimum absolute atomic E-state index is 0.173. The van der Waals surface area contributed by atoms with Gasteiger partial charge in [0.2, 0.25) is 5.88 Å². The standard InChI is InChI=1S/C18H17NO4/c1-2-23-18(22)19-15(12-8-4-3-5-9-12)13-10-6-7-11-14(13)16(20)17(19)21/h3-11,15,20-21H,2H2,1H3/t15-/m0/s1. The highest BCUT2D eigenvalue weighted by Gasteiger charge is 2.38. The maximum absolute atomic E-state index is 12.3. The van der Waals surface area contributed by atoms with Gasteiger partial charge in [0.25, 0.3) is 0 Å². The zero-order valence-electron chi connectivity index (χ0n) is 12.6. The number of nitrogens with zero attached hydrogens (tertiary/aromatic N) is 1. The Bertz CT molecular complexity index is 755. The summed E-state index contributed by atoms with van der Waals surface area (Å²) in [7, 11) is 0. The summed E-state index contributed by atoms with van der Waals surface area (Å²) in [5, 5.41) is 20.6. The lowest BCUT2D eigenvalue weighted by Gasteiger charge is -2.35. The summed E-state index contributed by atoms with van der Waals surface area (Å²) in [6.07, 6.45) is -0.708. The van der Waals surface area contributed by atoms with Crippen LogP contribution < -0.4 is 0 Å². The zero-order chi connectivity index (χ0) is 16.4. The summed E-state index contributed by atoms with van der Waals surface area (Å²) < 4.78 is 5.05. The Balaban J connectivity index is 2.21. The van der Waals surface area contributed by atoms with Gasteiger partial charge in [0.1, 0.15) is 0 Å².